The number of nitrogens with one attached hydrogen (secondary N) is 3. The fraction of sp³-hybridized carbons (Fsp3) is 0.400. The van der Waals surface area contributed by atoms with E-state index >= 15 is 0 Å². The van der Waals surface area contributed by atoms with Crippen LogP contribution in [0.2, 0.25) is 0 Å². The van der Waals surface area contributed by atoms with E-state index in [2.05, 4.69) is 31.0 Å². The maximum Gasteiger partial charge on any atom is 0.401 e. The molecule has 1 saturated heterocycles. The number of anilines is 3. The molecule has 1 aromatic carbocycles. The molecule has 3 aromatic rings. The van der Waals surface area contributed by atoms with Gasteiger partial charge in [0.2, 0.25) is 0 Å². The first-order chi connectivity index (χ1) is 17.8. The number of rotatable bonds is 8. The molecule has 9 nitrogen and oxygen atoms in total. The molecule has 2 aliphatic rings. The molecule has 0 bridgehead atoms. The van der Waals surface area contributed by atoms with Gasteiger partial charge in [-0.05, 0) is 42.7 Å². The largest absolute Gasteiger partial charge is 0.401 e. The van der Waals surface area contributed by atoms with Gasteiger partial charge in [0.25, 0.3) is 0 Å². The van der Waals surface area contributed by atoms with Crippen LogP contribution in [0.4, 0.5) is 35.3 Å². The summed E-state index contributed by atoms with van der Waals surface area (Å²) in [5.74, 6) is 0.432. The van der Waals surface area contributed by atoms with Crippen molar-refractivity contribution in [1.29, 1.82) is 0 Å². The van der Waals surface area contributed by atoms with Gasteiger partial charge >= 0.3 is 12.2 Å². The molecule has 0 spiro atoms. The predicted molar refractivity (Wildman–Crippen MR) is 132 cm³/mol. The lowest BCUT2D eigenvalue weighted by molar-refractivity contribution is -0.165. The molecule has 1 aliphatic heterocycles. The van der Waals surface area contributed by atoms with Crippen molar-refractivity contribution in [3.8, 4) is 11.1 Å². The number of alkyl halides is 3. The summed E-state index contributed by atoms with van der Waals surface area (Å²) in [7, 11) is 0. The van der Waals surface area contributed by atoms with Gasteiger partial charge in [-0.2, -0.15) is 13.2 Å². The number of morpholine rings is 1. The number of amides is 2. The van der Waals surface area contributed by atoms with E-state index in [1.54, 1.807) is 18.3 Å². The number of ether oxygens (including phenoxy) is 1. The average molecular weight is 517 g/mol. The molecule has 1 saturated carbocycles. The van der Waals surface area contributed by atoms with Crippen LogP contribution in [0.25, 0.3) is 11.1 Å². The fourth-order valence-electron chi connectivity index (χ4n) is 4.21. The molecule has 0 atom stereocenters. The van der Waals surface area contributed by atoms with Crippen LogP contribution in [0, 0.1) is 0 Å². The van der Waals surface area contributed by atoms with Gasteiger partial charge in [-0.25, -0.2) is 9.78 Å². The Labute approximate surface area is 211 Å². The molecule has 2 fully saturated rings. The van der Waals surface area contributed by atoms with Gasteiger partial charge in [0.1, 0.15) is 11.2 Å². The lowest BCUT2D eigenvalue weighted by Gasteiger charge is -2.26. The molecule has 196 valence electrons. The second-order valence-corrected chi connectivity index (χ2v) is 9.13. The van der Waals surface area contributed by atoms with E-state index in [0.29, 0.717) is 5.69 Å². The van der Waals surface area contributed by atoms with Crippen LogP contribution >= 0.6 is 0 Å². The number of carbonyl (C=O) groups is 1. The molecule has 0 radical (unpaired) electrons. The van der Waals surface area contributed by atoms with Crippen LogP contribution in [0.15, 0.2) is 53.2 Å². The number of hydrogen-bond donors (Lipinski definition) is 3. The Morgan fingerprint density at radius 1 is 1.00 bits per heavy atom. The molecule has 2 amide bonds. The van der Waals surface area contributed by atoms with Crippen molar-refractivity contribution >= 4 is 23.4 Å². The topological polar surface area (TPSA) is 105 Å². The summed E-state index contributed by atoms with van der Waals surface area (Å²) in [6.07, 6.45) is -2.73. The average Bonchev–Trinajstić information content (AvgIpc) is 3.59. The van der Waals surface area contributed by atoms with Crippen LogP contribution < -0.4 is 16.0 Å². The maximum atomic E-state index is 13.2. The van der Waals surface area contributed by atoms with Gasteiger partial charge in [-0.3, -0.25) is 10.2 Å². The Bertz CT molecular complexity index is 1200. The van der Waals surface area contributed by atoms with Crippen molar-refractivity contribution in [1.82, 2.24) is 15.0 Å². The lowest BCUT2D eigenvalue weighted by Crippen LogP contribution is -2.39. The number of hydrogen-bond acceptors (Lipinski definition) is 7. The lowest BCUT2D eigenvalue weighted by atomic mass is 10.0. The summed E-state index contributed by atoms with van der Waals surface area (Å²) in [5, 5.41) is 11.9. The van der Waals surface area contributed by atoms with Crippen LogP contribution in [0.3, 0.4) is 0 Å². The zero-order valence-electron chi connectivity index (χ0n) is 20.0. The molecule has 1 aliphatic carbocycles. The molecule has 3 N–H and O–H groups in total. The maximum absolute atomic E-state index is 13.2. The van der Waals surface area contributed by atoms with E-state index in [9.17, 15) is 18.0 Å². The first kappa shape index (κ1) is 25.0. The van der Waals surface area contributed by atoms with E-state index in [4.69, 9.17) is 9.26 Å². The summed E-state index contributed by atoms with van der Waals surface area (Å²) in [6, 6.07) is 11.5. The molecule has 0 unspecified atom stereocenters. The number of nitrogens with zero attached hydrogens (tertiary/aromatic N) is 3. The van der Waals surface area contributed by atoms with Crippen LogP contribution in [-0.4, -0.2) is 66.6 Å². The zero-order valence-corrected chi connectivity index (χ0v) is 20.0. The van der Waals surface area contributed by atoms with Gasteiger partial charge in [0.05, 0.1) is 13.2 Å². The molecular weight excluding hydrogens is 489 g/mol. The van der Waals surface area contributed by atoms with Gasteiger partial charge in [-0.1, -0.05) is 17.3 Å². The van der Waals surface area contributed by atoms with E-state index in [1.807, 2.05) is 24.3 Å². The highest BCUT2D eigenvalue weighted by Gasteiger charge is 2.66. The molecule has 5 rings (SSSR count). The van der Waals surface area contributed by atoms with Crippen LogP contribution in [0.1, 0.15) is 18.6 Å². The van der Waals surface area contributed by atoms with Gasteiger partial charge in [0, 0.05) is 49.7 Å². The number of halogens is 3. The van der Waals surface area contributed by atoms with Gasteiger partial charge < -0.3 is 19.9 Å². The summed E-state index contributed by atoms with van der Waals surface area (Å²) < 4.78 is 49.9. The predicted octanol–water partition coefficient (Wildman–Crippen LogP) is 4.72. The third-order valence-corrected chi connectivity index (χ3v) is 6.59. The third kappa shape index (κ3) is 5.86. The van der Waals surface area contributed by atoms with Gasteiger partial charge in [0.15, 0.2) is 11.6 Å². The molecule has 37 heavy (non-hydrogen) atoms. The van der Waals surface area contributed by atoms with Crippen molar-refractivity contribution in [3.05, 3.63) is 54.4 Å². The number of carbonyl (C=O) groups excluding carboxylic acids is 1. The van der Waals surface area contributed by atoms with Crippen LogP contribution in [-0.2, 0) is 10.2 Å². The Balaban J connectivity index is 1.11. The number of benzene rings is 1. The van der Waals surface area contributed by atoms with Gasteiger partial charge in [-0.15, -0.1) is 0 Å². The van der Waals surface area contributed by atoms with E-state index < -0.39 is 17.6 Å². The molecular formula is C25H27F3N6O3. The van der Waals surface area contributed by atoms with Crippen molar-refractivity contribution in [3.63, 3.8) is 0 Å². The summed E-state index contributed by atoms with van der Waals surface area (Å²) in [5.41, 5.74) is 0.358. The molecule has 3 heterocycles. The molecule has 12 heteroatoms. The first-order valence-corrected chi connectivity index (χ1v) is 12.0. The standard InChI is InChI=1S/C25H27F3N6O3/c26-25(27,28)24(7-8-24)20-15-22(33-37-20)32-23(35)31-19-4-1-17(2-5-19)18-3-6-21(30-16-18)29-9-10-34-11-13-36-14-12-34/h1-6,15-16H,7-14H2,(H,29,30)(H2,31,32,33,35). The summed E-state index contributed by atoms with van der Waals surface area (Å²) in [6.45, 7) is 5.18. The number of pyridine rings is 1. The minimum absolute atomic E-state index is 0.0482. The zero-order chi connectivity index (χ0) is 25.9. The van der Waals surface area contributed by atoms with Crippen molar-refractivity contribution in [2.24, 2.45) is 0 Å². The Morgan fingerprint density at radius 3 is 2.38 bits per heavy atom. The van der Waals surface area contributed by atoms with Crippen molar-refractivity contribution in [2.45, 2.75) is 24.4 Å². The summed E-state index contributed by atoms with van der Waals surface area (Å²) in [4.78, 5) is 19.1. The second-order valence-electron chi connectivity index (χ2n) is 9.13. The van der Waals surface area contributed by atoms with E-state index in [1.165, 1.54) is 0 Å². The van der Waals surface area contributed by atoms with Crippen molar-refractivity contribution in [2.75, 3.05) is 55.3 Å². The Kier molecular flexibility index (Phi) is 7.02. The van der Waals surface area contributed by atoms with E-state index in [-0.39, 0.29) is 24.4 Å². The highest BCUT2D eigenvalue weighted by Crippen LogP contribution is 2.59. The first-order valence-electron chi connectivity index (χ1n) is 12.0. The monoisotopic (exact) mass is 516 g/mol. The minimum Gasteiger partial charge on any atom is -0.379 e. The Morgan fingerprint density at radius 2 is 1.73 bits per heavy atom. The number of urea groups is 1. The molecule has 2 aromatic heterocycles. The SMILES string of the molecule is O=C(Nc1ccc(-c2ccc(NCCN3CCOCC3)nc2)cc1)Nc1cc(C2(C(F)(F)F)CC2)on1. The highest BCUT2D eigenvalue weighted by molar-refractivity contribution is 5.99. The van der Waals surface area contributed by atoms with E-state index in [0.717, 1.165) is 62.4 Å². The second kappa shape index (κ2) is 10.4. The quantitative estimate of drug-likeness (QED) is 0.398. The smallest absolute Gasteiger partial charge is 0.379 e. The van der Waals surface area contributed by atoms with Crippen molar-refractivity contribution < 1.29 is 27.2 Å². The third-order valence-electron chi connectivity index (χ3n) is 6.59. The Hall–Kier alpha value is -3.64. The highest BCUT2D eigenvalue weighted by atomic mass is 19.4. The van der Waals surface area contributed by atoms with Crippen LogP contribution in [0.5, 0.6) is 0 Å². The fourth-order valence-corrected chi connectivity index (χ4v) is 4.21. The summed E-state index contributed by atoms with van der Waals surface area (Å²) >= 11 is 0. The number of aromatic nitrogens is 2. The minimum atomic E-state index is -4.41. The normalized spacial score (nSPS) is 17.3.